The number of rotatable bonds is 4. The monoisotopic (exact) mass is 246 g/mol. The molecule has 17 heavy (non-hydrogen) atoms. The van der Waals surface area contributed by atoms with Gasteiger partial charge in [-0.3, -0.25) is 4.79 Å². The highest BCUT2D eigenvalue weighted by Crippen LogP contribution is 2.10. The van der Waals surface area contributed by atoms with Crippen LogP contribution in [0.5, 0.6) is 0 Å². The van der Waals surface area contributed by atoms with Gasteiger partial charge in [-0.15, -0.1) is 5.10 Å². The number of hydrogen-bond acceptors (Lipinski definition) is 5. The van der Waals surface area contributed by atoms with Crippen LogP contribution in [-0.2, 0) is 9.53 Å². The van der Waals surface area contributed by atoms with Gasteiger partial charge in [0.05, 0.1) is 6.42 Å². The van der Waals surface area contributed by atoms with Gasteiger partial charge in [0.25, 0.3) is 0 Å². The zero-order chi connectivity index (χ0) is 13.6. The number of carbonyl (C=O) groups excluding carboxylic acids is 1. The van der Waals surface area contributed by atoms with Crippen molar-refractivity contribution in [1.82, 2.24) is 5.43 Å². The lowest BCUT2D eigenvalue weighted by molar-refractivity contribution is -0.138. The van der Waals surface area contributed by atoms with Gasteiger partial charge in [-0.25, -0.2) is 10.2 Å². The quantitative estimate of drug-likeness (QED) is 0.303. The number of ether oxygens (including phenoxy) is 1. The maximum atomic E-state index is 10.6. The minimum Gasteiger partial charge on any atom is -0.480 e. The van der Waals surface area contributed by atoms with Gasteiger partial charge in [0.15, 0.2) is 0 Å². The van der Waals surface area contributed by atoms with Gasteiger partial charge in [0.2, 0.25) is 5.90 Å². The topological polar surface area (TPSA) is 140 Å². The lowest BCUT2D eigenvalue weighted by Crippen LogP contribution is -2.37. The minimum atomic E-state index is -1.19. The fraction of sp³-hybridized carbons (Fsp3) is 0.667. The Kier molecular flexibility index (Phi) is 5.39. The molecule has 8 nitrogen and oxygen atoms in total. The standard InChI is InChI=1S/C9H18N4O4/c1-9(2,3)17-6(12-13-8(11)16)4-5(10)7(14)15/h5H,4,10H2,1-3H3,(H,14,15)(H3,11,13,16)/t5-/m0/s1. The van der Waals surface area contributed by atoms with Crippen molar-refractivity contribution < 1.29 is 19.4 Å². The fourth-order valence-corrected chi connectivity index (χ4v) is 0.856. The number of aliphatic carboxylic acids is 1. The molecule has 0 fully saturated rings. The molecule has 8 heteroatoms. The van der Waals surface area contributed by atoms with E-state index in [2.05, 4.69) is 5.10 Å². The van der Waals surface area contributed by atoms with Crippen molar-refractivity contribution in [2.24, 2.45) is 16.6 Å². The molecule has 0 saturated carbocycles. The average Bonchev–Trinajstić information content (AvgIpc) is 2.11. The van der Waals surface area contributed by atoms with Crippen LogP contribution in [0.25, 0.3) is 0 Å². The molecule has 6 N–H and O–H groups in total. The molecular weight excluding hydrogens is 228 g/mol. The van der Waals surface area contributed by atoms with Gasteiger partial charge < -0.3 is 21.3 Å². The maximum Gasteiger partial charge on any atom is 0.332 e. The largest absolute Gasteiger partial charge is 0.480 e. The Labute approximate surface area is 99.0 Å². The summed E-state index contributed by atoms with van der Waals surface area (Å²) < 4.78 is 5.35. The first-order valence-electron chi connectivity index (χ1n) is 4.91. The maximum absolute atomic E-state index is 10.6. The van der Waals surface area contributed by atoms with Gasteiger partial charge >= 0.3 is 12.0 Å². The number of nitrogens with two attached hydrogens (primary N) is 2. The number of nitrogens with zero attached hydrogens (tertiary/aromatic N) is 1. The van der Waals surface area contributed by atoms with Crippen LogP contribution in [-0.4, -0.2) is 34.6 Å². The van der Waals surface area contributed by atoms with E-state index in [4.69, 9.17) is 21.3 Å². The Bertz CT molecular complexity index is 321. The smallest absolute Gasteiger partial charge is 0.332 e. The zero-order valence-corrected chi connectivity index (χ0v) is 10.1. The summed E-state index contributed by atoms with van der Waals surface area (Å²) in [4.78, 5) is 21.1. The Hall–Kier alpha value is -1.83. The molecule has 2 amide bonds. The molecule has 0 aromatic rings. The Balaban J connectivity index is 4.67. The Morgan fingerprint density at radius 3 is 2.35 bits per heavy atom. The molecule has 0 aliphatic heterocycles. The highest BCUT2D eigenvalue weighted by Gasteiger charge is 2.21. The highest BCUT2D eigenvalue weighted by atomic mass is 16.5. The zero-order valence-electron chi connectivity index (χ0n) is 10.1. The van der Waals surface area contributed by atoms with Crippen molar-refractivity contribution in [1.29, 1.82) is 0 Å². The molecule has 0 heterocycles. The molecule has 0 aliphatic carbocycles. The van der Waals surface area contributed by atoms with Crippen molar-refractivity contribution in [3.05, 3.63) is 0 Å². The van der Waals surface area contributed by atoms with E-state index < -0.39 is 23.6 Å². The van der Waals surface area contributed by atoms with Crippen molar-refractivity contribution in [2.75, 3.05) is 0 Å². The number of carboxylic acid groups (broad SMARTS) is 1. The molecule has 0 bridgehead atoms. The van der Waals surface area contributed by atoms with Gasteiger partial charge in [0.1, 0.15) is 11.6 Å². The summed E-state index contributed by atoms with van der Waals surface area (Å²) in [6.07, 6.45) is -0.146. The number of primary amides is 1. The van der Waals surface area contributed by atoms with Crippen LogP contribution < -0.4 is 16.9 Å². The van der Waals surface area contributed by atoms with E-state index in [1.807, 2.05) is 5.43 Å². The van der Waals surface area contributed by atoms with E-state index in [0.29, 0.717) is 0 Å². The SMILES string of the molecule is CC(C)(C)OC(C[C@H](N)C(=O)O)=NNC(N)=O. The Morgan fingerprint density at radius 1 is 1.47 bits per heavy atom. The molecule has 0 saturated heterocycles. The lowest BCUT2D eigenvalue weighted by Gasteiger charge is -2.23. The van der Waals surface area contributed by atoms with Crippen LogP contribution in [0.4, 0.5) is 4.79 Å². The number of amides is 2. The summed E-state index contributed by atoms with van der Waals surface area (Å²) in [5, 5.41) is 12.2. The van der Waals surface area contributed by atoms with Gasteiger partial charge in [-0.1, -0.05) is 0 Å². The molecule has 1 atom stereocenters. The first kappa shape index (κ1) is 15.2. The van der Waals surface area contributed by atoms with Crippen molar-refractivity contribution in [2.45, 2.75) is 38.8 Å². The second-order valence-corrected chi connectivity index (χ2v) is 4.34. The van der Waals surface area contributed by atoms with E-state index in [1.54, 1.807) is 20.8 Å². The van der Waals surface area contributed by atoms with Crippen LogP contribution in [0.15, 0.2) is 5.10 Å². The van der Waals surface area contributed by atoms with Gasteiger partial charge in [-0.2, -0.15) is 0 Å². The summed E-state index contributed by atoms with van der Waals surface area (Å²) >= 11 is 0. The average molecular weight is 246 g/mol. The van der Waals surface area contributed by atoms with Crippen molar-refractivity contribution >= 4 is 17.9 Å². The normalized spacial score (nSPS) is 14.0. The molecule has 0 unspecified atom stereocenters. The molecule has 0 rings (SSSR count). The predicted molar refractivity (Wildman–Crippen MR) is 61.2 cm³/mol. The third-order valence-electron chi connectivity index (χ3n) is 1.43. The summed E-state index contributed by atoms with van der Waals surface area (Å²) in [6.45, 7) is 5.25. The third kappa shape index (κ3) is 8.03. The molecule has 0 aliphatic rings. The van der Waals surface area contributed by atoms with Crippen LogP contribution in [0, 0.1) is 0 Å². The van der Waals surface area contributed by atoms with Gasteiger partial charge in [-0.05, 0) is 20.8 Å². The number of urea groups is 1. The summed E-state index contributed by atoms with van der Waals surface area (Å²) in [7, 11) is 0. The first-order chi connectivity index (χ1) is 7.61. The Morgan fingerprint density at radius 2 is 2.00 bits per heavy atom. The third-order valence-corrected chi connectivity index (χ3v) is 1.43. The second-order valence-electron chi connectivity index (χ2n) is 4.34. The number of hydrazone groups is 1. The molecule has 0 aromatic heterocycles. The predicted octanol–water partition coefficient (Wildman–Crippen LogP) is -0.415. The van der Waals surface area contributed by atoms with Crippen molar-refractivity contribution in [3.63, 3.8) is 0 Å². The molecular formula is C9H18N4O4. The summed E-state index contributed by atoms with van der Waals surface area (Å²) in [6, 6.07) is -2.03. The lowest BCUT2D eigenvalue weighted by atomic mass is 10.1. The van der Waals surface area contributed by atoms with Crippen LogP contribution in [0.3, 0.4) is 0 Å². The number of nitrogens with one attached hydrogen (secondary N) is 1. The second kappa shape index (κ2) is 6.04. The van der Waals surface area contributed by atoms with E-state index in [9.17, 15) is 9.59 Å². The number of carbonyl (C=O) groups is 2. The van der Waals surface area contributed by atoms with E-state index >= 15 is 0 Å². The molecule has 0 aromatic carbocycles. The number of carboxylic acids is 1. The van der Waals surface area contributed by atoms with E-state index in [0.717, 1.165) is 0 Å². The van der Waals surface area contributed by atoms with E-state index in [-0.39, 0.29) is 12.3 Å². The van der Waals surface area contributed by atoms with Crippen LogP contribution >= 0.6 is 0 Å². The van der Waals surface area contributed by atoms with Crippen LogP contribution in [0.1, 0.15) is 27.2 Å². The number of hydrogen-bond donors (Lipinski definition) is 4. The van der Waals surface area contributed by atoms with E-state index in [1.165, 1.54) is 0 Å². The fourth-order valence-electron chi connectivity index (χ4n) is 0.856. The van der Waals surface area contributed by atoms with Crippen LogP contribution in [0.2, 0.25) is 0 Å². The summed E-state index contributed by atoms with van der Waals surface area (Å²) in [5.74, 6) is -1.18. The first-order valence-corrected chi connectivity index (χ1v) is 4.91. The summed E-state index contributed by atoms with van der Waals surface area (Å²) in [5.41, 5.74) is 11.6. The molecule has 98 valence electrons. The van der Waals surface area contributed by atoms with Crippen molar-refractivity contribution in [3.8, 4) is 0 Å². The molecule has 0 spiro atoms. The minimum absolute atomic E-state index is 0.00574. The highest BCUT2D eigenvalue weighted by molar-refractivity contribution is 5.85. The van der Waals surface area contributed by atoms with Gasteiger partial charge in [0, 0.05) is 0 Å². The molecule has 0 radical (unpaired) electrons.